The monoisotopic (exact) mass is 126 g/mol. The lowest BCUT2D eigenvalue weighted by Crippen LogP contribution is -1.50. The molecule has 8 heavy (non-hydrogen) atoms. The van der Waals surface area contributed by atoms with Gasteiger partial charge in [0.1, 0.15) is 0 Å². The Hall–Kier alpha value is -0.220. The molecule has 44 valence electrons. The van der Waals surface area contributed by atoms with Crippen LogP contribution < -0.4 is 0 Å². The largest absolute Gasteiger partial charge is 0.125 e. The topological polar surface area (TPSA) is 0 Å². The first kappa shape index (κ1) is 5.91. The summed E-state index contributed by atoms with van der Waals surface area (Å²) in [5, 5.41) is 0. The summed E-state index contributed by atoms with van der Waals surface area (Å²) in [5.74, 6) is 4.69. The van der Waals surface area contributed by atoms with Gasteiger partial charge < -0.3 is 0 Å². The van der Waals surface area contributed by atoms with Crippen molar-refractivity contribution in [1.29, 1.82) is 0 Å². The van der Waals surface area contributed by atoms with E-state index in [9.17, 15) is 0 Å². The van der Waals surface area contributed by atoms with Gasteiger partial charge in [0.25, 0.3) is 0 Å². The van der Waals surface area contributed by atoms with Crippen LogP contribution in [-0.2, 0) is 6.16 Å². The Morgan fingerprint density at radius 2 is 2.38 bits per heavy atom. The van der Waals surface area contributed by atoms with Crippen LogP contribution in [0.3, 0.4) is 0 Å². The van der Waals surface area contributed by atoms with E-state index in [1.807, 2.05) is 0 Å². The maximum Gasteiger partial charge on any atom is -0.0169 e. The van der Waals surface area contributed by atoms with Gasteiger partial charge in [-0.25, -0.2) is 0 Å². The van der Waals surface area contributed by atoms with Crippen LogP contribution in [-0.4, -0.2) is 0 Å². The minimum absolute atomic E-state index is 0.175. The van der Waals surface area contributed by atoms with Gasteiger partial charge in [0.15, 0.2) is 0 Å². The van der Waals surface area contributed by atoms with Gasteiger partial charge in [-0.15, -0.1) is 7.53 Å². The molecule has 0 aliphatic rings. The van der Waals surface area contributed by atoms with Gasteiger partial charge in [-0.1, -0.05) is 13.0 Å². The highest BCUT2D eigenvalue weighted by Gasteiger charge is 1.87. The average Bonchev–Trinajstić information content (AvgIpc) is 2.14. The molecule has 1 aromatic heterocycles. The van der Waals surface area contributed by atoms with Crippen LogP contribution in [0, 0.1) is 6.92 Å². The van der Waals surface area contributed by atoms with E-state index in [-0.39, 0.29) is 7.53 Å². The summed E-state index contributed by atoms with van der Waals surface area (Å²) in [6, 6.07) is 2.22. The molecule has 0 radical (unpaired) electrons. The third-order valence-electron chi connectivity index (χ3n) is 1.26. The molecule has 0 amide bonds. The molecule has 1 atom stereocenters. The first-order chi connectivity index (χ1) is 3.83. The third kappa shape index (κ3) is 1.14. The van der Waals surface area contributed by atoms with Crippen molar-refractivity contribution in [1.82, 2.24) is 0 Å². The fraction of sp³-hybridized carbons (Fsp3) is 0.429. The van der Waals surface area contributed by atoms with Gasteiger partial charge in [-0.3, -0.25) is 0 Å². The fourth-order valence-electron chi connectivity index (χ4n) is 0.758. The van der Waals surface area contributed by atoms with Crippen molar-refractivity contribution in [2.45, 2.75) is 20.0 Å². The Morgan fingerprint density at radius 3 is 2.62 bits per heavy atom. The van der Waals surface area contributed by atoms with Crippen LogP contribution in [0.1, 0.15) is 12.5 Å². The summed E-state index contributed by atoms with van der Waals surface area (Å²) in [7, 11) is 0.175. The van der Waals surface area contributed by atoms with E-state index in [2.05, 4.69) is 31.5 Å². The molecule has 0 nitrogen and oxygen atoms in total. The Morgan fingerprint density at radius 1 is 1.62 bits per heavy atom. The minimum Gasteiger partial charge on any atom is -0.125 e. The number of hydrogen-bond acceptors (Lipinski definition) is 0. The smallest absolute Gasteiger partial charge is 0.0169 e. The Kier molecular flexibility index (Phi) is 1.75. The molecule has 0 saturated carbocycles. The fourth-order valence-corrected chi connectivity index (χ4v) is 2.27. The van der Waals surface area contributed by atoms with Gasteiger partial charge in [-0.2, -0.15) is 0 Å². The molecule has 1 heterocycles. The molecule has 1 rings (SSSR count). The third-order valence-corrected chi connectivity index (χ3v) is 3.26. The first-order valence-corrected chi connectivity index (χ1v) is 4.62. The predicted molar refractivity (Wildman–Crippen MR) is 39.6 cm³/mol. The zero-order valence-corrected chi connectivity index (χ0v) is 6.28. The molecule has 0 saturated heterocycles. The first-order valence-electron chi connectivity index (χ1n) is 2.95. The molecule has 1 unspecified atom stereocenters. The molecule has 0 aliphatic heterocycles. The second-order valence-electron chi connectivity index (χ2n) is 2.02. The van der Waals surface area contributed by atoms with Crippen molar-refractivity contribution in [3.8, 4) is 0 Å². The maximum absolute atomic E-state index is 2.37. The molecule has 0 spiro atoms. The van der Waals surface area contributed by atoms with Crippen molar-refractivity contribution in [2.75, 3.05) is 0 Å². The summed E-state index contributed by atoms with van der Waals surface area (Å²) in [5.41, 5.74) is 1.44. The van der Waals surface area contributed by atoms with E-state index in [0.29, 0.717) is 0 Å². The van der Waals surface area contributed by atoms with E-state index in [0.717, 1.165) is 0 Å². The van der Waals surface area contributed by atoms with Crippen molar-refractivity contribution in [3.63, 3.8) is 0 Å². The maximum atomic E-state index is 2.37. The highest BCUT2D eigenvalue weighted by atomic mass is 31.1. The van der Waals surface area contributed by atoms with E-state index < -0.39 is 0 Å². The van der Waals surface area contributed by atoms with E-state index in [4.69, 9.17) is 0 Å². The molecule has 1 aromatic rings. The van der Waals surface area contributed by atoms with E-state index in [1.165, 1.54) is 11.7 Å². The molecule has 0 aromatic carbocycles. The normalized spacial score (nSPS) is 12.0. The van der Waals surface area contributed by atoms with Crippen LogP contribution in [0.2, 0.25) is 0 Å². The summed E-state index contributed by atoms with van der Waals surface area (Å²) in [4.78, 5) is 0. The van der Waals surface area contributed by atoms with Gasteiger partial charge in [0.05, 0.1) is 0 Å². The number of hydrogen-bond donors (Lipinski definition) is 0. The minimum atomic E-state index is 0.175. The lowest BCUT2D eigenvalue weighted by atomic mass is 10.4. The molecular formula is C7H11P. The van der Waals surface area contributed by atoms with Gasteiger partial charge >= 0.3 is 0 Å². The van der Waals surface area contributed by atoms with Crippen molar-refractivity contribution in [2.24, 2.45) is 0 Å². The van der Waals surface area contributed by atoms with Crippen LogP contribution in [0.25, 0.3) is 0 Å². The van der Waals surface area contributed by atoms with E-state index >= 15 is 0 Å². The standard InChI is InChI=1S/C7H11P/c1-3-8-5-4-7(2)6-8/h4-6H,3H2,1-2H3. The SMILES string of the molecule is CCp1ccc(C)c1. The predicted octanol–water partition coefficient (Wildman–Crippen LogP) is 3.00. The second-order valence-corrected chi connectivity index (χ2v) is 4.24. The summed E-state index contributed by atoms with van der Waals surface area (Å²) >= 11 is 0. The average molecular weight is 126 g/mol. The van der Waals surface area contributed by atoms with Gasteiger partial charge in [0.2, 0.25) is 0 Å². The Balaban J connectivity index is 2.84. The Bertz CT molecular complexity index is 165. The summed E-state index contributed by atoms with van der Waals surface area (Å²) < 4.78 is 0. The second kappa shape index (κ2) is 2.37. The Labute approximate surface area is 51.6 Å². The van der Waals surface area contributed by atoms with Crippen molar-refractivity contribution >= 4 is 7.53 Å². The van der Waals surface area contributed by atoms with Crippen molar-refractivity contribution in [3.05, 3.63) is 23.2 Å². The van der Waals surface area contributed by atoms with Crippen LogP contribution >= 0.6 is 7.53 Å². The highest BCUT2D eigenvalue weighted by molar-refractivity contribution is 7.47. The lowest BCUT2D eigenvalue weighted by molar-refractivity contribution is 1.38. The highest BCUT2D eigenvalue weighted by Crippen LogP contribution is 2.29. The lowest BCUT2D eigenvalue weighted by Gasteiger charge is -1.83. The van der Waals surface area contributed by atoms with Crippen LogP contribution in [0.15, 0.2) is 17.7 Å². The van der Waals surface area contributed by atoms with E-state index in [1.54, 1.807) is 0 Å². The molecule has 0 fully saturated rings. The molecular weight excluding hydrogens is 115 g/mol. The summed E-state index contributed by atoms with van der Waals surface area (Å²) in [6.07, 6.45) is 1.31. The molecule has 1 heteroatoms. The quantitative estimate of drug-likeness (QED) is 0.542. The van der Waals surface area contributed by atoms with Gasteiger partial charge in [0, 0.05) is 0 Å². The molecule has 0 aliphatic carbocycles. The zero-order valence-electron chi connectivity index (χ0n) is 5.39. The summed E-state index contributed by atoms with van der Waals surface area (Å²) in [6.45, 7) is 4.40. The number of rotatable bonds is 1. The van der Waals surface area contributed by atoms with Gasteiger partial charge in [-0.05, 0) is 30.2 Å². The van der Waals surface area contributed by atoms with Crippen LogP contribution in [0.4, 0.5) is 0 Å². The molecule has 0 N–H and O–H groups in total. The van der Waals surface area contributed by atoms with Crippen molar-refractivity contribution < 1.29 is 0 Å². The van der Waals surface area contributed by atoms with Crippen LogP contribution in [0.5, 0.6) is 0 Å². The molecule has 0 bridgehead atoms. The number of aryl methyl sites for hydroxylation is 2. The zero-order chi connectivity index (χ0) is 5.98.